The Labute approximate surface area is 314 Å². The number of halogens is 1. The summed E-state index contributed by atoms with van der Waals surface area (Å²) in [7, 11) is 2.65. The van der Waals surface area contributed by atoms with Crippen molar-refractivity contribution in [2.45, 2.75) is 35.4 Å². The lowest BCUT2D eigenvalue weighted by molar-refractivity contribution is -0.149. The molecule has 3 aromatic carbocycles. The number of para-hydroxylation sites is 1. The molecule has 6 rings (SSSR count). The number of carbonyl (C=O) groups excluding carboxylic acids is 3. The molecular formula is C37H43ClN4O10S. The van der Waals surface area contributed by atoms with E-state index in [-0.39, 0.29) is 63.5 Å². The highest BCUT2D eigenvalue weighted by Crippen LogP contribution is 2.55. The van der Waals surface area contributed by atoms with Gasteiger partial charge in [0, 0.05) is 68.9 Å². The largest absolute Gasteiger partial charge is 0.497 e. The number of rotatable bonds is 12. The van der Waals surface area contributed by atoms with Crippen LogP contribution in [0.4, 0.5) is 5.69 Å². The van der Waals surface area contributed by atoms with Gasteiger partial charge >= 0.3 is 5.97 Å². The van der Waals surface area contributed by atoms with Gasteiger partial charge in [-0.3, -0.25) is 24.2 Å². The van der Waals surface area contributed by atoms with Gasteiger partial charge in [0.05, 0.1) is 52.7 Å². The van der Waals surface area contributed by atoms with E-state index in [2.05, 4.69) is 4.90 Å². The van der Waals surface area contributed by atoms with Crippen LogP contribution in [0.2, 0.25) is 5.02 Å². The fourth-order valence-corrected chi connectivity index (χ4v) is 9.19. The summed E-state index contributed by atoms with van der Waals surface area (Å²) >= 11 is 6.65. The minimum Gasteiger partial charge on any atom is -0.497 e. The molecule has 0 saturated carbocycles. The molecule has 3 aromatic rings. The minimum absolute atomic E-state index is 0.0187. The smallest absolute Gasteiger partial charge is 0.307 e. The van der Waals surface area contributed by atoms with E-state index in [1.165, 1.54) is 62.6 Å². The van der Waals surface area contributed by atoms with Gasteiger partial charge in [0.15, 0.2) is 5.54 Å². The van der Waals surface area contributed by atoms with E-state index in [4.69, 9.17) is 35.3 Å². The maximum absolute atomic E-state index is 15.6. The Hall–Kier alpha value is -4.41. The van der Waals surface area contributed by atoms with Crippen molar-refractivity contribution in [3.8, 4) is 17.2 Å². The van der Waals surface area contributed by atoms with Crippen LogP contribution in [0, 0.1) is 0 Å². The summed E-state index contributed by atoms with van der Waals surface area (Å²) in [6.07, 6.45) is -0.664. The van der Waals surface area contributed by atoms with Crippen LogP contribution < -0.4 is 18.5 Å². The zero-order valence-electron chi connectivity index (χ0n) is 30.2. The molecule has 3 aliphatic heterocycles. The fraction of sp³-hybridized carbons (Fsp3) is 0.432. The molecule has 1 unspecified atom stereocenters. The van der Waals surface area contributed by atoms with Gasteiger partial charge in [-0.25, -0.2) is 12.7 Å². The van der Waals surface area contributed by atoms with Crippen LogP contribution in [0.25, 0.3) is 0 Å². The summed E-state index contributed by atoms with van der Waals surface area (Å²) in [4.78, 5) is 47.9. The normalized spacial score (nSPS) is 22.0. The van der Waals surface area contributed by atoms with Crippen molar-refractivity contribution < 1.29 is 46.5 Å². The van der Waals surface area contributed by atoms with Crippen molar-refractivity contribution in [2.24, 2.45) is 0 Å². The molecule has 0 spiro atoms. The van der Waals surface area contributed by atoms with Crippen molar-refractivity contribution in [3.63, 3.8) is 0 Å². The van der Waals surface area contributed by atoms with Crippen molar-refractivity contribution >= 4 is 45.1 Å². The molecule has 0 radical (unpaired) electrons. The van der Waals surface area contributed by atoms with Crippen molar-refractivity contribution in [3.05, 3.63) is 76.8 Å². The molecule has 2 saturated heterocycles. The van der Waals surface area contributed by atoms with Crippen molar-refractivity contribution in [1.29, 1.82) is 0 Å². The number of anilines is 1. The molecule has 3 aliphatic rings. The number of ether oxygens (including phenoxy) is 5. The standard InChI is InChI=1S/C37H43ClN4O10S/c1-39(2)35(44)30-21-26(52-34(43)14-15-40-16-18-51-19-17-40)23-41(30)37(27-8-6-7-9-31(27)49-4)28-20-24(38)10-12-29(28)42(36(37)45)53(46,47)33-13-11-25(48-3)22-32(33)50-5/h6-13,20,22,26,30H,14-19,21,23H2,1-5H3/t26?,30-,37-/m0/s1. The van der Waals surface area contributed by atoms with Crippen LogP contribution in [0.5, 0.6) is 17.2 Å². The van der Waals surface area contributed by atoms with Crippen LogP contribution in [-0.4, -0.2) is 128 Å². The van der Waals surface area contributed by atoms with Gasteiger partial charge < -0.3 is 28.6 Å². The Morgan fingerprint density at radius 3 is 2.34 bits per heavy atom. The average Bonchev–Trinajstić information content (AvgIpc) is 3.69. The first-order chi connectivity index (χ1) is 25.4. The monoisotopic (exact) mass is 770 g/mol. The third-order valence-corrected chi connectivity index (χ3v) is 11.9. The summed E-state index contributed by atoms with van der Waals surface area (Å²) in [6.45, 7) is 2.97. The number of hydrogen-bond acceptors (Lipinski definition) is 12. The summed E-state index contributed by atoms with van der Waals surface area (Å²) < 4.78 is 58.4. The number of methoxy groups -OCH3 is 3. The van der Waals surface area contributed by atoms with Gasteiger partial charge in [0.2, 0.25) is 5.91 Å². The average molecular weight is 771 g/mol. The maximum Gasteiger partial charge on any atom is 0.307 e. The Bertz CT molecular complexity index is 1990. The molecule has 3 atom stereocenters. The summed E-state index contributed by atoms with van der Waals surface area (Å²) in [5.74, 6) is -1.18. The lowest BCUT2D eigenvalue weighted by atomic mass is 9.80. The van der Waals surface area contributed by atoms with Crippen LogP contribution in [0.3, 0.4) is 0 Å². The molecule has 2 amide bonds. The predicted octanol–water partition coefficient (Wildman–Crippen LogP) is 3.14. The summed E-state index contributed by atoms with van der Waals surface area (Å²) in [6, 6.07) is 14.3. The first-order valence-corrected chi connectivity index (χ1v) is 18.9. The maximum atomic E-state index is 15.6. The minimum atomic E-state index is -4.72. The van der Waals surface area contributed by atoms with Gasteiger partial charge in [0.1, 0.15) is 28.2 Å². The zero-order valence-corrected chi connectivity index (χ0v) is 31.8. The number of esters is 1. The van der Waals surface area contributed by atoms with Crippen LogP contribution >= 0.6 is 11.6 Å². The van der Waals surface area contributed by atoms with Gasteiger partial charge in [-0.05, 0) is 36.4 Å². The molecular weight excluding hydrogens is 728 g/mol. The lowest BCUT2D eigenvalue weighted by Crippen LogP contribution is -2.59. The second kappa shape index (κ2) is 15.5. The number of nitrogens with zero attached hydrogens (tertiary/aromatic N) is 4. The number of sulfonamides is 1. The predicted molar refractivity (Wildman–Crippen MR) is 195 cm³/mol. The molecule has 14 nitrogen and oxygen atoms in total. The Balaban J connectivity index is 1.52. The Morgan fingerprint density at radius 2 is 1.66 bits per heavy atom. The van der Waals surface area contributed by atoms with Crippen LogP contribution in [-0.2, 0) is 39.4 Å². The second-order valence-corrected chi connectivity index (χ2v) is 15.3. The van der Waals surface area contributed by atoms with Crippen LogP contribution in [0.1, 0.15) is 24.0 Å². The van der Waals surface area contributed by atoms with Crippen LogP contribution in [0.15, 0.2) is 65.6 Å². The Kier molecular flexibility index (Phi) is 11.2. The molecule has 2 fully saturated rings. The quantitative estimate of drug-likeness (QED) is 0.250. The SMILES string of the molecule is COc1ccc(S(=O)(=O)N2C(=O)[C@@](c3ccccc3OC)(N3CC(OC(=O)CCN4CCOCC4)C[C@H]3C(=O)N(C)C)c3cc(Cl)ccc32)c(OC)c1. The van der Waals surface area contributed by atoms with E-state index >= 15 is 4.79 Å². The first-order valence-electron chi connectivity index (χ1n) is 17.1. The molecule has 16 heteroatoms. The van der Waals surface area contributed by atoms with E-state index in [0.717, 1.165) is 4.31 Å². The highest BCUT2D eigenvalue weighted by Gasteiger charge is 2.64. The highest BCUT2D eigenvalue weighted by molar-refractivity contribution is 7.93. The number of hydrogen-bond donors (Lipinski definition) is 0. The molecule has 0 aliphatic carbocycles. The third-order valence-electron chi connectivity index (χ3n) is 9.90. The number of likely N-dealkylation sites (tertiary alicyclic amines) is 1. The number of amides is 2. The lowest BCUT2D eigenvalue weighted by Gasteiger charge is -2.42. The van der Waals surface area contributed by atoms with E-state index < -0.39 is 39.6 Å². The van der Waals surface area contributed by atoms with E-state index in [9.17, 15) is 18.0 Å². The second-order valence-electron chi connectivity index (χ2n) is 13.1. The molecule has 3 heterocycles. The Morgan fingerprint density at radius 1 is 0.943 bits per heavy atom. The van der Waals surface area contributed by atoms with Gasteiger partial charge in [0.25, 0.3) is 15.9 Å². The third kappa shape index (κ3) is 6.92. The van der Waals surface area contributed by atoms with Gasteiger partial charge in [-0.2, -0.15) is 0 Å². The number of likely N-dealkylation sites (N-methyl/N-ethyl adjacent to an activating group) is 1. The van der Waals surface area contributed by atoms with E-state index in [1.54, 1.807) is 43.3 Å². The topological polar surface area (TPSA) is 144 Å². The molecule has 0 N–H and O–H groups in total. The first kappa shape index (κ1) is 38.3. The summed E-state index contributed by atoms with van der Waals surface area (Å²) in [5, 5.41) is 0.220. The summed E-state index contributed by atoms with van der Waals surface area (Å²) in [5.41, 5.74) is -1.52. The van der Waals surface area contributed by atoms with E-state index in [1.807, 2.05) is 0 Å². The number of carbonyl (C=O) groups is 3. The zero-order chi connectivity index (χ0) is 38.1. The van der Waals surface area contributed by atoms with Gasteiger partial charge in [-0.15, -0.1) is 0 Å². The number of benzene rings is 3. The molecule has 0 bridgehead atoms. The number of fused-ring (bicyclic) bond motifs is 1. The van der Waals surface area contributed by atoms with Crippen molar-refractivity contribution in [1.82, 2.24) is 14.7 Å². The fourth-order valence-electron chi connectivity index (χ4n) is 7.41. The van der Waals surface area contributed by atoms with Crippen molar-refractivity contribution in [2.75, 3.05) is 79.1 Å². The highest BCUT2D eigenvalue weighted by atomic mass is 35.5. The number of morpholine rings is 1. The molecule has 284 valence electrons. The van der Waals surface area contributed by atoms with E-state index in [0.29, 0.717) is 38.6 Å². The van der Waals surface area contributed by atoms with Gasteiger partial charge in [-0.1, -0.05) is 29.8 Å². The molecule has 0 aromatic heterocycles. The molecule has 53 heavy (non-hydrogen) atoms.